The Balaban J connectivity index is 3.97. The third-order valence-electron chi connectivity index (χ3n) is 2.75. The predicted molar refractivity (Wildman–Crippen MR) is 61.1 cm³/mol. The molecule has 0 aromatic carbocycles. The second-order valence-electron chi connectivity index (χ2n) is 5.52. The zero-order valence-electron chi connectivity index (χ0n) is 10.3. The van der Waals surface area contributed by atoms with Crippen molar-refractivity contribution in [1.29, 1.82) is 0 Å². The fourth-order valence-electron chi connectivity index (χ4n) is 1.47. The fraction of sp³-hybridized carbons (Fsp3) is 1.00. The lowest BCUT2D eigenvalue weighted by Gasteiger charge is -2.32. The van der Waals surface area contributed by atoms with Crippen LogP contribution >= 0.6 is 0 Å². The van der Waals surface area contributed by atoms with E-state index in [0.29, 0.717) is 5.41 Å². The first-order valence-corrected chi connectivity index (χ1v) is 5.58. The van der Waals surface area contributed by atoms with Gasteiger partial charge in [0.15, 0.2) is 0 Å². The van der Waals surface area contributed by atoms with Gasteiger partial charge in [-0.3, -0.25) is 0 Å². The Kier molecular flexibility index (Phi) is 4.98. The number of hydrogen-bond acceptors (Lipinski definition) is 1. The van der Waals surface area contributed by atoms with Crippen LogP contribution in [0.15, 0.2) is 0 Å². The summed E-state index contributed by atoms with van der Waals surface area (Å²) >= 11 is 0. The topological polar surface area (TPSA) is 12.0 Å². The highest BCUT2D eigenvalue weighted by Crippen LogP contribution is 2.26. The van der Waals surface area contributed by atoms with Gasteiger partial charge in [0.05, 0.1) is 0 Å². The van der Waals surface area contributed by atoms with Gasteiger partial charge in [-0.15, -0.1) is 0 Å². The Labute approximate surface area is 84.3 Å². The summed E-state index contributed by atoms with van der Waals surface area (Å²) in [6, 6.07) is 0. The fourth-order valence-corrected chi connectivity index (χ4v) is 1.47. The van der Waals surface area contributed by atoms with Gasteiger partial charge >= 0.3 is 0 Å². The van der Waals surface area contributed by atoms with Gasteiger partial charge in [-0.1, -0.05) is 27.2 Å². The molecule has 0 aromatic rings. The number of nitrogens with one attached hydrogen (secondary N) is 1. The molecule has 0 aromatic heterocycles. The zero-order valence-corrected chi connectivity index (χ0v) is 10.3. The van der Waals surface area contributed by atoms with Gasteiger partial charge in [-0.05, 0) is 39.0 Å². The minimum atomic E-state index is 0.254. The highest BCUT2D eigenvalue weighted by molar-refractivity contribution is 4.79. The normalized spacial score (nSPS) is 17.1. The summed E-state index contributed by atoms with van der Waals surface area (Å²) < 4.78 is 0. The Bertz CT molecular complexity index is 135. The van der Waals surface area contributed by atoms with Crippen molar-refractivity contribution in [2.75, 3.05) is 6.54 Å². The van der Waals surface area contributed by atoms with E-state index in [4.69, 9.17) is 0 Å². The second kappa shape index (κ2) is 4.99. The van der Waals surface area contributed by atoms with Crippen molar-refractivity contribution in [3.05, 3.63) is 0 Å². The molecular formula is C12H27N. The Morgan fingerprint density at radius 3 is 1.85 bits per heavy atom. The van der Waals surface area contributed by atoms with E-state index in [-0.39, 0.29) is 5.54 Å². The molecule has 1 atom stereocenters. The Morgan fingerprint density at radius 1 is 1.00 bits per heavy atom. The summed E-state index contributed by atoms with van der Waals surface area (Å²) in [5.74, 6) is 0. The van der Waals surface area contributed by atoms with Crippen LogP contribution in [-0.4, -0.2) is 12.1 Å². The van der Waals surface area contributed by atoms with Crippen molar-refractivity contribution in [3.8, 4) is 0 Å². The minimum absolute atomic E-state index is 0.254. The van der Waals surface area contributed by atoms with Crippen molar-refractivity contribution in [3.63, 3.8) is 0 Å². The monoisotopic (exact) mass is 185 g/mol. The maximum atomic E-state index is 3.60. The maximum absolute atomic E-state index is 3.60. The van der Waals surface area contributed by atoms with Gasteiger partial charge in [-0.25, -0.2) is 0 Å². The summed E-state index contributed by atoms with van der Waals surface area (Å²) in [4.78, 5) is 0. The lowest BCUT2D eigenvalue weighted by atomic mass is 9.82. The molecule has 0 fully saturated rings. The summed E-state index contributed by atoms with van der Waals surface area (Å²) in [5, 5.41) is 3.60. The first kappa shape index (κ1) is 13.0. The lowest BCUT2D eigenvalue weighted by Crippen LogP contribution is -2.42. The van der Waals surface area contributed by atoms with Crippen molar-refractivity contribution < 1.29 is 0 Å². The Hall–Kier alpha value is -0.0400. The van der Waals surface area contributed by atoms with E-state index in [1.165, 1.54) is 19.3 Å². The summed E-state index contributed by atoms with van der Waals surface area (Å²) in [6.45, 7) is 14.8. The molecule has 1 heteroatoms. The smallest absolute Gasteiger partial charge is 0.00967 e. The van der Waals surface area contributed by atoms with E-state index in [1.54, 1.807) is 0 Å². The summed E-state index contributed by atoms with van der Waals surface area (Å²) in [5.41, 5.74) is 0.742. The summed E-state index contributed by atoms with van der Waals surface area (Å²) in [6.07, 6.45) is 3.88. The molecule has 0 amide bonds. The van der Waals surface area contributed by atoms with Gasteiger partial charge in [0.1, 0.15) is 0 Å². The van der Waals surface area contributed by atoms with Crippen molar-refractivity contribution >= 4 is 0 Å². The van der Waals surface area contributed by atoms with Crippen LogP contribution in [0.1, 0.15) is 60.8 Å². The summed E-state index contributed by atoms with van der Waals surface area (Å²) in [7, 11) is 0. The van der Waals surface area contributed by atoms with E-state index in [1.807, 2.05) is 0 Å². The maximum Gasteiger partial charge on any atom is 0.00967 e. The predicted octanol–water partition coefficient (Wildman–Crippen LogP) is 3.59. The highest BCUT2D eigenvalue weighted by Gasteiger charge is 2.22. The first-order valence-electron chi connectivity index (χ1n) is 5.58. The van der Waals surface area contributed by atoms with Crippen LogP contribution in [0.4, 0.5) is 0 Å². The molecule has 0 rings (SSSR count). The molecule has 0 radical (unpaired) electrons. The van der Waals surface area contributed by atoms with Crippen LogP contribution in [0.2, 0.25) is 0 Å². The lowest BCUT2D eigenvalue weighted by molar-refractivity contribution is 0.237. The average molecular weight is 185 g/mol. The van der Waals surface area contributed by atoms with Gasteiger partial charge in [-0.2, -0.15) is 0 Å². The van der Waals surface area contributed by atoms with Gasteiger partial charge < -0.3 is 5.32 Å². The van der Waals surface area contributed by atoms with Gasteiger partial charge in [0.2, 0.25) is 0 Å². The van der Waals surface area contributed by atoms with Crippen molar-refractivity contribution in [1.82, 2.24) is 5.32 Å². The van der Waals surface area contributed by atoms with Crippen LogP contribution in [-0.2, 0) is 0 Å². The molecule has 1 nitrogen and oxygen atoms in total. The van der Waals surface area contributed by atoms with Gasteiger partial charge in [0.25, 0.3) is 0 Å². The van der Waals surface area contributed by atoms with E-state index >= 15 is 0 Å². The average Bonchev–Trinajstić information content (AvgIpc) is 2.01. The largest absolute Gasteiger partial charge is 0.312 e. The molecule has 0 saturated heterocycles. The second-order valence-corrected chi connectivity index (χ2v) is 5.52. The van der Waals surface area contributed by atoms with Crippen LogP contribution in [0.5, 0.6) is 0 Å². The molecule has 0 spiro atoms. The molecule has 0 bridgehead atoms. The molecule has 80 valence electrons. The van der Waals surface area contributed by atoms with Crippen LogP contribution < -0.4 is 5.32 Å². The highest BCUT2D eigenvalue weighted by atomic mass is 15.0. The van der Waals surface area contributed by atoms with E-state index in [0.717, 1.165) is 6.54 Å². The van der Waals surface area contributed by atoms with Crippen LogP contribution in [0.3, 0.4) is 0 Å². The van der Waals surface area contributed by atoms with Crippen LogP contribution in [0, 0.1) is 5.41 Å². The molecular weight excluding hydrogens is 158 g/mol. The Morgan fingerprint density at radius 2 is 1.54 bits per heavy atom. The number of hydrogen-bond donors (Lipinski definition) is 1. The molecule has 1 unspecified atom stereocenters. The molecule has 0 saturated carbocycles. The van der Waals surface area contributed by atoms with Crippen molar-refractivity contribution in [2.45, 2.75) is 66.3 Å². The minimum Gasteiger partial charge on any atom is -0.312 e. The number of rotatable bonds is 5. The molecule has 0 aliphatic rings. The molecule has 13 heavy (non-hydrogen) atoms. The molecule has 0 aliphatic heterocycles. The zero-order chi connectivity index (χ0) is 10.5. The molecule has 0 heterocycles. The molecule has 1 N–H and O–H groups in total. The van der Waals surface area contributed by atoms with Crippen LogP contribution in [0.25, 0.3) is 0 Å². The SMILES string of the molecule is CCCC(C)(CC)CNC(C)(C)C. The third-order valence-corrected chi connectivity index (χ3v) is 2.75. The molecule has 0 aliphatic carbocycles. The third kappa shape index (κ3) is 6.09. The van der Waals surface area contributed by atoms with E-state index < -0.39 is 0 Å². The van der Waals surface area contributed by atoms with Crippen molar-refractivity contribution in [2.24, 2.45) is 5.41 Å². The van der Waals surface area contributed by atoms with Gasteiger partial charge in [0, 0.05) is 12.1 Å². The quantitative estimate of drug-likeness (QED) is 0.690. The first-order chi connectivity index (χ1) is 5.83. The van der Waals surface area contributed by atoms with E-state index in [2.05, 4.69) is 46.9 Å². The van der Waals surface area contributed by atoms with E-state index in [9.17, 15) is 0 Å². The standard InChI is InChI=1S/C12H27N/c1-7-9-12(6,8-2)10-13-11(3,4)5/h13H,7-10H2,1-6H3.